The number of anilines is 1. The van der Waals surface area contributed by atoms with Crippen LogP contribution in [0, 0.1) is 5.92 Å². The number of hydrogen-bond donors (Lipinski definition) is 1. The summed E-state index contributed by atoms with van der Waals surface area (Å²) in [5.41, 5.74) is 5.71. The first-order valence-electron chi connectivity index (χ1n) is 4.08. The van der Waals surface area contributed by atoms with Crippen LogP contribution < -0.4 is 5.73 Å². The van der Waals surface area contributed by atoms with Crippen LogP contribution >= 0.6 is 0 Å². The Morgan fingerprint density at radius 3 is 2.91 bits per heavy atom. The highest BCUT2D eigenvalue weighted by molar-refractivity contribution is 5.26. The van der Waals surface area contributed by atoms with Crippen LogP contribution in [0.3, 0.4) is 0 Å². The molecule has 1 atom stereocenters. The Kier molecular flexibility index (Phi) is 1.37. The van der Waals surface area contributed by atoms with Crippen molar-refractivity contribution in [2.45, 2.75) is 25.8 Å². The fraction of sp³-hybridized carbons (Fsp3) is 0.625. The molecule has 0 aliphatic heterocycles. The molecule has 1 saturated carbocycles. The Balaban J connectivity index is 2.20. The molecular weight excluding hydrogens is 138 g/mol. The van der Waals surface area contributed by atoms with E-state index in [0.29, 0.717) is 6.04 Å². The van der Waals surface area contributed by atoms with Crippen LogP contribution in [-0.4, -0.2) is 9.78 Å². The van der Waals surface area contributed by atoms with Gasteiger partial charge < -0.3 is 5.73 Å². The topological polar surface area (TPSA) is 43.8 Å². The molecule has 0 aromatic carbocycles. The zero-order valence-electron chi connectivity index (χ0n) is 6.70. The monoisotopic (exact) mass is 151 g/mol. The van der Waals surface area contributed by atoms with E-state index < -0.39 is 0 Å². The minimum absolute atomic E-state index is 0.491. The van der Waals surface area contributed by atoms with E-state index in [9.17, 15) is 0 Å². The third-order valence-corrected chi connectivity index (χ3v) is 2.39. The molecule has 2 N–H and O–H groups in total. The predicted octanol–water partition coefficient (Wildman–Crippen LogP) is 1.44. The highest BCUT2D eigenvalue weighted by Gasteiger charge is 2.30. The van der Waals surface area contributed by atoms with Gasteiger partial charge in [0, 0.05) is 0 Å². The molecule has 1 aromatic rings. The Hall–Kier alpha value is -0.990. The van der Waals surface area contributed by atoms with Crippen molar-refractivity contribution in [1.82, 2.24) is 9.78 Å². The summed E-state index contributed by atoms with van der Waals surface area (Å²) in [5.74, 6) is 1.60. The third kappa shape index (κ3) is 1.11. The fourth-order valence-electron chi connectivity index (χ4n) is 1.44. The van der Waals surface area contributed by atoms with Gasteiger partial charge in [0.05, 0.1) is 12.2 Å². The molecule has 11 heavy (non-hydrogen) atoms. The lowest BCUT2D eigenvalue weighted by Gasteiger charge is -2.11. The molecule has 3 nitrogen and oxygen atoms in total. The minimum atomic E-state index is 0.491. The van der Waals surface area contributed by atoms with Crippen LogP contribution in [0.4, 0.5) is 5.82 Å². The average molecular weight is 151 g/mol. The van der Waals surface area contributed by atoms with Crippen molar-refractivity contribution in [3.05, 3.63) is 12.3 Å². The molecular formula is C8H13N3. The quantitative estimate of drug-likeness (QED) is 0.695. The van der Waals surface area contributed by atoms with Crippen LogP contribution in [0.5, 0.6) is 0 Å². The molecule has 0 amide bonds. The molecule has 1 aliphatic carbocycles. The van der Waals surface area contributed by atoms with Gasteiger partial charge in [-0.1, -0.05) is 0 Å². The van der Waals surface area contributed by atoms with Crippen LogP contribution in [0.15, 0.2) is 12.3 Å². The summed E-state index contributed by atoms with van der Waals surface area (Å²) < 4.78 is 1.91. The molecule has 0 unspecified atom stereocenters. The molecule has 3 heteroatoms. The van der Waals surface area contributed by atoms with Crippen LogP contribution in [0.1, 0.15) is 25.8 Å². The number of nitrogens with zero attached hydrogens (tertiary/aromatic N) is 2. The zero-order chi connectivity index (χ0) is 7.84. The molecule has 0 bridgehead atoms. The highest BCUT2D eigenvalue weighted by Crippen LogP contribution is 2.39. The van der Waals surface area contributed by atoms with Gasteiger partial charge in [0.2, 0.25) is 0 Å². The van der Waals surface area contributed by atoms with Crippen LogP contribution in [0.2, 0.25) is 0 Å². The van der Waals surface area contributed by atoms with Crippen molar-refractivity contribution in [2.24, 2.45) is 5.92 Å². The van der Waals surface area contributed by atoms with Crippen molar-refractivity contribution in [3.63, 3.8) is 0 Å². The van der Waals surface area contributed by atoms with Crippen molar-refractivity contribution in [2.75, 3.05) is 5.73 Å². The van der Waals surface area contributed by atoms with Gasteiger partial charge in [0.1, 0.15) is 5.82 Å². The van der Waals surface area contributed by atoms with Crippen molar-refractivity contribution in [3.8, 4) is 0 Å². The normalized spacial score (nSPS) is 20.1. The SMILES string of the molecule is C[C@@H](C1CC1)n1nccc1N. The third-order valence-electron chi connectivity index (χ3n) is 2.39. The van der Waals surface area contributed by atoms with E-state index in [1.807, 2.05) is 10.7 Å². The van der Waals surface area contributed by atoms with Crippen LogP contribution in [0.25, 0.3) is 0 Å². The number of nitrogen functional groups attached to an aromatic ring is 1. The first-order chi connectivity index (χ1) is 5.29. The maximum Gasteiger partial charge on any atom is 0.121 e. The second-order valence-electron chi connectivity index (χ2n) is 3.28. The average Bonchev–Trinajstić information content (AvgIpc) is 2.74. The Labute approximate surface area is 66.2 Å². The molecule has 0 spiro atoms. The molecule has 1 heterocycles. The van der Waals surface area contributed by atoms with Crippen LogP contribution in [-0.2, 0) is 0 Å². The summed E-state index contributed by atoms with van der Waals surface area (Å²) in [6.45, 7) is 2.18. The molecule has 2 rings (SSSR count). The first-order valence-corrected chi connectivity index (χ1v) is 4.08. The van der Waals surface area contributed by atoms with Gasteiger partial charge in [-0.3, -0.25) is 0 Å². The maximum absolute atomic E-state index is 5.71. The molecule has 60 valence electrons. The van der Waals surface area contributed by atoms with E-state index in [4.69, 9.17) is 5.73 Å². The number of aromatic nitrogens is 2. The zero-order valence-corrected chi connectivity index (χ0v) is 6.70. The molecule has 0 radical (unpaired) electrons. The fourth-order valence-corrected chi connectivity index (χ4v) is 1.44. The van der Waals surface area contributed by atoms with Gasteiger partial charge in [-0.2, -0.15) is 5.10 Å². The van der Waals surface area contributed by atoms with Crippen molar-refractivity contribution >= 4 is 5.82 Å². The smallest absolute Gasteiger partial charge is 0.121 e. The molecule has 1 fully saturated rings. The van der Waals surface area contributed by atoms with Gasteiger partial charge in [-0.25, -0.2) is 4.68 Å². The largest absolute Gasteiger partial charge is 0.384 e. The second kappa shape index (κ2) is 2.26. The summed E-state index contributed by atoms with van der Waals surface area (Å²) in [4.78, 5) is 0. The summed E-state index contributed by atoms with van der Waals surface area (Å²) in [7, 11) is 0. The van der Waals surface area contributed by atoms with Gasteiger partial charge in [0.25, 0.3) is 0 Å². The minimum Gasteiger partial charge on any atom is -0.384 e. The van der Waals surface area contributed by atoms with E-state index in [0.717, 1.165) is 11.7 Å². The standard InChI is InChI=1S/C8H13N3/c1-6(7-2-3-7)11-8(9)4-5-10-11/h4-7H,2-3,9H2,1H3/t6-/m0/s1. The Bertz CT molecular complexity index is 250. The Morgan fingerprint density at radius 1 is 1.73 bits per heavy atom. The van der Waals surface area contributed by atoms with Gasteiger partial charge in [-0.15, -0.1) is 0 Å². The summed E-state index contributed by atoms with van der Waals surface area (Å²) >= 11 is 0. The lowest BCUT2D eigenvalue weighted by atomic mass is 10.2. The second-order valence-corrected chi connectivity index (χ2v) is 3.28. The van der Waals surface area contributed by atoms with Gasteiger partial charge >= 0.3 is 0 Å². The number of rotatable bonds is 2. The molecule has 1 aromatic heterocycles. The number of hydrogen-bond acceptors (Lipinski definition) is 2. The van der Waals surface area contributed by atoms with E-state index in [2.05, 4.69) is 12.0 Å². The van der Waals surface area contributed by atoms with E-state index in [-0.39, 0.29) is 0 Å². The summed E-state index contributed by atoms with van der Waals surface area (Å²) in [5, 5.41) is 4.17. The van der Waals surface area contributed by atoms with Crippen molar-refractivity contribution < 1.29 is 0 Å². The van der Waals surface area contributed by atoms with E-state index in [1.54, 1.807) is 6.20 Å². The Morgan fingerprint density at radius 2 is 2.45 bits per heavy atom. The first kappa shape index (κ1) is 6.70. The predicted molar refractivity (Wildman–Crippen MR) is 44.1 cm³/mol. The lowest BCUT2D eigenvalue weighted by molar-refractivity contribution is 0.446. The van der Waals surface area contributed by atoms with E-state index >= 15 is 0 Å². The van der Waals surface area contributed by atoms with Gasteiger partial charge in [-0.05, 0) is 31.7 Å². The van der Waals surface area contributed by atoms with Gasteiger partial charge in [0.15, 0.2) is 0 Å². The van der Waals surface area contributed by atoms with Crippen molar-refractivity contribution in [1.29, 1.82) is 0 Å². The summed E-state index contributed by atoms with van der Waals surface area (Å²) in [6.07, 6.45) is 4.43. The molecule has 1 aliphatic rings. The molecule has 0 saturated heterocycles. The highest BCUT2D eigenvalue weighted by atomic mass is 15.3. The maximum atomic E-state index is 5.71. The summed E-state index contributed by atoms with van der Waals surface area (Å²) in [6, 6.07) is 2.34. The lowest BCUT2D eigenvalue weighted by Crippen LogP contribution is -2.11. The van der Waals surface area contributed by atoms with E-state index in [1.165, 1.54) is 12.8 Å². The number of nitrogens with two attached hydrogens (primary N) is 1.